The van der Waals surface area contributed by atoms with Gasteiger partial charge in [0.25, 0.3) is 0 Å². The average Bonchev–Trinajstić information content (AvgIpc) is 2.14. The molecular weight excluding hydrogens is 205 g/mol. The summed E-state index contributed by atoms with van der Waals surface area (Å²) < 4.78 is 4.39. The van der Waals surface area contributed by atoms with Gasteiger partial charge in [-0.15, -0.1) is 0 Å². The van der Waals surface area contributed by atoms with Gasteiger partial charge in [0.1, 0.15) is 12.7 Å². The second kappa shape index (κ2) is 17.1. The number of ether oxygens (including phenoxy) is 1. The molecule has 0 aromatic rings. The summed E-state index contributed by atoms with van der Waals surface area (Å²) in [6.45, 7) is 7.04. The second-order valence-corrected chi connectivity index (χ2v) is 1.54. The Hall–Kier alpha value is -1.11. The van der Waals surface area contributed by atoms with Gasteiger partial charge < -0.3 is 10.1 Å². The van der Waals surface area contributed by atoms with E-state index in [4.69, 9.17) is 6.42 Å². The molecule has 0 rings (SSSR count). The third kappa shape index (κ3) is 24.8. The van der Waals surface area contributed by atoms with E-state index in [-0.39, 0.29) is 24.5 Å². The van der Waals surface area contributed by atoms with Gasteiger partial charge in [0.05, 0.1) is 0 Å². The predicted octanol–water partition coefficient (Wildman–Crippen LogP) is 0.696. The van der Waals surface area contributed by atoms with Gasteiger partial charge in [0, 0.05) is 25.6 Å². The van der Waals surface area contributed by atoms with Crippen LogP contribution in [0, 0.1) is 12.5 Å². The minimum absolute atomic E-state index is 0. The summed E-state index contributed by atoms with van der Waals surface area (Å²) in [5, 5.41) is 2.36. The van der Waals surface area contributed by atoms with Crippen LogP contribution < -0.4 is 5.32 Å². The van der Waals surface area contributed by atoms with Crippen LogP contribution in [0.3, 0.4) is 0 Å². The predicted molar refractivity (Wildman–Crippen MR) is 49.2 cm³/mol. The smallest absolute Gasteiger partial charge is 0.243 e. The van der Waals surface area contributed by atoms with Crippen molar-refractivity contribution in [2.24, 2.45) is 0 Å². The number of carbonyl (C=O) groups excluding carboxylic acids is 1. The van der Waals surface area contributed by atoms with E-state index in [2.05, 4.69) is 23.2 Å². The minimum Gasteiger partial charge on any atom is -0.443 e. The Morgan fingerprint density at radius 2 is 2.23 bits per heavy atom. The van der Waals surface area contributed by atoms with Crippen molar-refractivity contribution in [1.29, 1.82) is 0 Å². The second-order valence-electron chi connectivity index (χ2n) is 1.54. The molecule has 13 heavy (non-hydrogen) atoms. The van der Waals surface area contributed by atoms with Crippen LogP contribution in [0.5, 0.6) is 0 Å². The monoisotopic (exact) mass is 218 g/mol. The van der Waals surface area contributed by atoms with Crippen molar-refractivity contribution in [2.45, 2.75) is 0 Å². The quantitative estimate of drug-likeness (QED) is 0.327. The molecule has 71 valence electrons. The van der Waals surface area contributed by atoms with Gasteiger partial charge >= 0.3 is 0 Å². The molecule has 0 saturated carbocycles. The number of hydrogen-bond acceptors (Lipinski definition) is 2. The first-order chi connectivity index (χ1) is 5.72. The van der Waals surface area contributed by atoms with Crippen LogP contribution in [-0.4, -0.2) is 19.6 Å². The maximum atomic E-state index is 9.95. The van der Waals surface area contributed by atoms with Crippen molar-refractivity contribution < 1.29 is 28.1 Å². The summed E-state index contributed by atoms with van der Waals surface area (Å²) in [4.78, 5) is 9.95. The van der Waals surface area contributed by atoms with Gasteiger partial charge in [0.2, 0.25) is 5.91 Å². The fourth-order valence-corrected chi connectivity index (χ4v) is 0.209. The Bertz CT molecular complexity index is 185. The van der Waals surface area contributed by atoms with Gasteiger partial charge in [-0.2, -0.15) is 0 Å². The van der Waals surface area contributed by atoms with Crippen LogP contribution in [0.15, 0.2) is 25.3 Å². The normalized spacial score (nSPS) is 5.85. The molecule has 0 atom stereocenters. The standard InChI is InChI=1S/C5H6O.C4H7NO.V/c1-3-5-6-4-2;1-3-4(6)5-2;/h2-3H,1,5H2;3H,1H2,2H3,(H,5,6);. The fourth-order valence-electron chi connectivity index (χ4n) is 0.209. The molecule has 0 saturated heterocycles. The van der Waals surface area contributed by atoms with Crippen molar-refractivity contribution in [1.82, 2.24) is 5.32 Å². The molecule has 0 unspecified atom stereocenters. The van der Waals surface area contributed by atoms with Gasteiger partial charge in [-0.05, 0) is 6.08 Å². The first-order valence-corrected chi connectivity index (χ1v) is 3.25. The molecule has 1 N–H and O–H groups in total. The Balaban J connectivity index is -0.000000143. The zero-order chi connectivity index (χ0) is 9.82. The third-order valence-electron chi connectivity index (χ3n) is 0.716. The first-order valence-electron chi connectivity index (χ1n) is 3.25. The number of rotatable bonds is 3. The first kappa shape index (κ1) is 17.8. The molecule has 0 aromatic carbocycles. The Morgan fingerprint density at radius 1 is 1.69 bits per heavy atom. The number of nitrogens with one attached hydrogen (secondary N) is 1. The van der Waals surface area contributed by atoms with E-state index in [9.17, 15) is 4.79 Å². The molecule has 0 aliphatic heterocycles. The van der Waals surface area contributed by atoms with Crippen LogP contribution in [0.1, 0.15) is 0 Å². The maximum Gasteiger partial charge on any atom is 0.243 e. The van der Waals surface area contributed by atoms with E-state index in [0.717, 1.165) is 0 Å². The average molecular weight is 218 g/mol. The topological polar surface area (TPSA) is 38.3 Å². The molecule has 4 heteroatoms. The summed E-state index contributed by atoms with van der Waals surface area (Å²) in [6.07, 6.45) is 9.51. The molecule has 0 heterocycles. The molecule has 1 radical (unpaired) electrons. The summed E-state index contributed by atoms with van der Waals surface area (Å²) in [6, 6.07) is 0. The van der Waals surface area contributed by atoms with Gasteiger partial charge in [-0.25, -0.2) is 0 Å². The molecule has 0 aromatic heterocycles. The van der Waals surface area contributed by atoms with Crippen molar-refractivity contribution >= 4 is 5.91 Å². The van der Waals surface area contributed by atoms with Crippen molar-refractivity contribution in [3.8, 4) is 12.5 Å². The number of terminal acetylenes is 1. The van der Waals surface area contributed by atoms with Gasteiger partial charge in [0.15, 0.2) is 0 Å². The molecular formula is C9H13NO2V. The Labute approximate surface area is 91.1 Å². The van der Waals surface area contributed by atoms with E-state index in [1.54, 1.807) is 13.1 Å². The van der Waals surface area contributed by atoms with Crippen LogP contribution in [0.2, 0.25) is 0 Å². The SMILES string of the molecule is C#COCC=C.C=CC(=O)NC.[V]. The van der Waals surface area contributed by atoms with Crippen molar-refractivity contribution in [2.75, 3.05) is 13.7 Å². The van der Waals surface area contributed by atoms with Crippen LogP contribution in [0.25, 0.3) is 0 Å². The van der Waals surface area contributed by atoms with Crippen molar-refractivity contribution in [3.63, 3.8) is 0 Å². The van der Waals surface area contributed by atoms with Crippen LogP contribution >= 0.6 is 0 Å². The number of likely N-dealkylation sites (N-methyl/N-ethyl adjacent to an activating group) is 1. The fraction of sp³-hybridized carbons (Fsp3) is 0.222. The largest absolute Gasteiger partial charge is 0.443 e. The number of hydrogen-bond donors (Lipinski definition) is 1. The minimum atomic E-state index is -0.144. The number of amides is 1. The van der Waals surface area contributed by atoms with Gasteiger partial charge in [-0.1, -0.05) is 25.7 Å². The third-order valence-corrected chi connectivity index (χ3v) is 0.716. The molecule has 0 bridgehead atoms. The number of carbonyl (C=O) groups is 1. The molecule has 0 aliphatic carbocycles. The summed E-state index contributed by atoms with van der Waals surface area (Å²) in [5.41, 5.74) is 0. The molecule has 0 fully saturated rings. The zero-order valence-corrected chi connectivity index (χ0v) is 9.01. The Morgan fingerprint density at radius 3 is 2.31 bits per heavy atom. The molecule has 1 amide bonds. The van der Waals surface area contributed by atoms with E-state index in [1.807, 2.05) is 6.11 Å². The van der Waals surface area contributed by atoms with Crippen molar-refractivity contribution in [3.05, 3.63) is 25.3 Å². The summed E-state index contributed by atoms with van der Waals surface area (Å²) in [5.74, 6) is -0.144. The zero-order valence-electron chi connectivity index (χ0n) is 7.62. The van der Waals surface area contributed by atoms with E-state index in [1.165, 1.54) is 6.08 Å². The van der Waals surface area contributed by atoms with Gasteiger partial charge in [-0.3, -0.25) is 4.79 Å². The van der Waals surface area contributed by atoms with Crippen LogP contribution in [-0.2, 0) is 28.1 Å². The summed E-state index contributed by atoms with van der Waals surface area (Å²) >= 11 is 0. The van der Waals surface area contributed by atoms with E-state index >= 15 is 0 Å². The molecule has 0 aliphatic rings. The van der Waals surface area contributed by atoms with E-state index in [0.29, 0.717) is 6.61 Å². The van der Waals surface area contributed by atoms with E-state index < -0.39 is 0 Å². The van der Waals surface area contributed by atoms with Crippen LogP contribution in [0.4, 0.5) is 0 Å². The summed E-state index contributed by atoms with van der Waals surface area (Å²) in [7, 11) is 1.56. The maximum absolute atomic E-state index is 9.95. The molecule has 3 nitrogen and oxygen atoms in total. The molecule has 0 spiro atoms. The Kier molecular flexibility index (Phi) is 23.5.